The summed E-state index contributed by atoms with van der Waals surface area (Å²) < 4.78 is 13.1. The largest absolute Gasteiger partial charge is 0.495 e. The summed E-state index contributed by atoms with van der Waals surface area (Å²) in [7, 11) is 5.87. The van der Waals surface area contributed by atoms with Crippen LogP contribution >= 0.6 is 0 Å². The van der Waals surface area contributed by atoms with Gasteiger partial charge in [0.1, 0.15) is 11.5 Å². The number of aliphatic imine (C=N–C) groups is 1. The number of aromatic nitrogens is 1. The van der Waals surface area contributed by atoms with E-state index in [9.17, 15) is 9.59 Å². The number of aryl methyl sites for hydroxylation is 1. The standard InChI is InChI=1S/C20H33BN4O4/c1-14(2)20(3,4)29-21(28-8)15-12-16(19(27)25(7)13-15)23-17(22)10-9-11-18(26)24(5)6/h9-10,12-14H,11H2,1-8H3,(H2,22,23)/b10-9-. The van der Waals surface area contributed by atoms with E-state index in [0.29, 0.717) is 5.46 Å². The molecule has 9 heteroatoms. The zero-order valence-electron chi connectivity index (χ0n) is 18.7. The van der Waals surface area contributed by atoms with Crippen molar-refractivity contribution in [1.29, 1.82) is 0 Å². The van der Waals surface area contributed by atoms with Crippen LogP contribution in [0, 0.1) is 5.92 Å². The summed E-state index contributed by atoms with van der Waals surface area (Å²) in [6.45, 7) is 8.11. The van der Waals surface area contributed by atoms with Gasteiger partial charge >= 0.3 is 7.12 Å². The van der Waals surface area contributed by atoms with E-state index in [1.165, 1.54) is 15.5 Å². The maximum Gasteiger partial charge on any atom is 0.495 e. The minimum absolute atomic E-state index is 0.0557. The van der Waals surface area contributed by atoms with Crippen LogP contribution in [0.15, 0.2) is 34.2 Å². The van der Waals surface area contributed by atoms with E-state index < -0.39 is 12.7 Å². The van der Waals surface area contributed by atoms with Crippen LogP contribution < -0.4 is 16.8 Å². The van der Waals surface area contributed by atoms with Crippen molar-refractivity contribution in [3.05, 3.63) is 34.8 Å². The van der Waals surface area contributed by atoms with Crippen LogP contribution in [0.5, 0.6) is 0 Å². The van der Waals surface area contributed by atoms with Crippen LogP contribution in [0.2, 0.25) is 0 Å². The Morgan fingerprint density at radius 3 is 2.55 bits per heavy atom. The van der Waals surface area contributed by atoms with E-state index in [1.807, 2.05) is 13.8 Å². The Hall–Kier alpha value is -2.39. The SMILES string of the molecule is COB(OC(C)(C)C(C)C)c1cc(N=C(N)/C=C\CC(=O)N(C)C)c(=O)n(C)c1. The molecule has 1 rings (SSSR count). The molecule has 29 heavy (non-hydrogen) atoms. The Bertz CT molecular complexity index is 828. The van der Waals surface area contributed by atoms with Gasteiger partial charge in [-0.2, -0.15) is 0 Å². The van der Waals surface area contributed by atoms with Gasteiger partial charge < -0.3 is 24.5 Å². The monoisotopic (exact) mass is 404 g/mol. The molecule has 0 aliphatic heterocycles. The lowest BCUT2D eigenvalue weighted by atomic mass is 9.77. The van der Waals surface area contributed by atoms with Gasteiger partial charge in [-0.1, -0.05) is 19.9 Å². The molecule has 8 nitrogen and oxygen atoms in total. The molecule has 1 aromatic heterocycles. The van der Waals surface area contributed by atoms with Gasteiger partial charge in [-0.3, -0.25) is 9.59 Å². The molecule has 160 valence electrons. The summed E-state index contributed by atoms with van der Waals surface area (Å²) in [6.07, 6.45) is 4.99. The Kier molecular flexibility index (Phi) is 8.85. The van der Waals surface area contributed by atoms with Gasteiger partial charge in [-0.15, -0.1) is 0 Å². The molecular formula is C20H33BN4O4. The molecule has 0 fully saturated rings. The Morgan fingerprint density at radius 2 is 2.03 bits per heavy atom. The number of hydrogen-bond donors (Lipinski definition) is 1. The number of carbonyl (C=O) groups excluding carboxylic acids is 1. The number of hydrogen-bond acceptors (Lipinski definition) is 5. The van der Waals surface area contributed by atoms with Gasteiger partial charge in [0.05, 0.1) is 5.60 Å². The third-order valence-corrected chi connectivity index (χ3v) is 4.80. The quantitative estimate of drug-likeness (QED) is 0.379. The van der Waals surface area contributed by atoms with E-state index in [1.54, 1.807) is 46.6 Å². The summed E-state index contributed by atoms with van der Waals surface area (Å²) in [5.74, 6) is 0.332. The van der Waals surface area contributed by atoms with E-state index in [4.69, 9.17) is 15.0 Å². The highest BCUT2D eigenvalue weighted by Gasteiger charge is 2.32. The van der Waals surface area contributed by atoms with Gasteiger partial charge in [-0.05, 0) is 31.9 Å². The van der Waals surface area contributed by atoms with Gasteiger partial charge in [0.15, 0.2) is 0 Å². The summed E-state index contributed by atoms with van der Waals surface area (Å²) in [6, 6.07) is 1.61. The Balaban J connectivity index is 3.17. The highest BCUT2D eigenvalue weighted by molar-refractivity contribution is 6.61. The number of nitrogens with zero attached hydrogens (tertiary/aromatic N) is 3. The van der Waals surface area contributed by atoms with Crippen molar-refractivity contribution in [3.8, 4) is 0 Å². The smallest absolute Gasteiger partial charge is 0.410 e. The summed E-state index contributed by atoms with van der Waals surface area (Å²) in [4.78, 5) is 29.8. The van der Waals surface area contributed by atoms with Gasteiger partial charge in [0, 0.05) is 46.3 Å². The summed E-state index contributed by atoms with van der Waals surface area (Å²) in [5, 5.41) is 0. The molecule has 0 saturated heterocycles. The number of amides is 1. The molecule has 0 bridgehead atoms. The third-order valence-electron chi connectivity index (χ3n) is 4.80. The van der Waals surface area contributed by atoms with Crippen LogP contribution in [0.1, 0.15) is 34.1 Å². The molecule has 0 aliphatic carbocycles. The number of pyridine rings is 1. The molecule has 0 radical (unpaired) electrons. The second kappa shape index (κ2) is 10.4. The number of amidine groups is 1. The van der Waals surface area contributed by atoms with E-state index in [0.717, 1.165) is 0 Å². The van der Waals surface area contributed by atoms with Crippen LogP contribution in [-0.2, 0) is 21.2 Å². The molecular weight excluding hydrogens is 371 g/mol. The molecule has 0 saturated carbocycles. The van der Waals surface area contributed by atoms with E-state index >= 15 is 0 Å². The number of nitrogens with two attached hydrogens (primary N) is 1. The first-order chi connectivity index (χ1) is 13.4. The van der Waals surface area contributed by atoms with Crippen molar-refractivity contribution < 1.29 is 14.1 Å². The highest BCUT2D eigenvalue weighted by atomic mass is 16.6. The van der Waals surface area contributed by atoms with E-state index in [2.05, 4.69) is 18.8 Å². The first kappa shape index (κ1) is 24.7. The topological polar surface area (TPSA) is 99.2 Å². The van der Waals surface area contributed by atoms with Crippen molar-refractivity contribution in [3.63, 3.8) is 0 Å². The fourth-order valence-corrected chi connectivity index (χ4v) is 2.23. The molecule has 1 aromatic rings. The maximum atomic E-state index is 12.5. The van der Waals surface area contributed by atoms with Crippen LogP contribution in [0.25, 0.3) is 0 Å². The Morgan fingerprint density at radius 1 is 1.41 bits per heavy atom. The van der Waals surface area contributed by atoms with Crippen LogP contribution in [0.3, 0.4) is 0 Å². The molecule has 2 N–H and O–H groups in total. The fourth-order valence-electron chi connectivity index (χ4n) is 2.23. The predicted molar refractivity (Wildman–Crippen MR) is 118 cm³/mol. The highest BCUT2D eigenvalue weighted by Crippen LogP contribution is 2.21. The lowest BCUT2D eigenvalue weighted by molar-refractivity contribution is -0.127. The molecule has 1 heterocycles. The summed E-state index contributed by atoms with van der Waals surface area (Å²) >= 11 is 0. The normalized spacial score (nSPS) is 12.7. The van der Waals surface area contributed by atoms with Crippen molar-refractivity contribution in [2.75, 3.05) is 21.2 Å². The van der Waals surface area contributed by atoms with Gasteiger partial charge in [0.2, 0.25) is 5.91 Å². The molecule has 1 amide bonds. The average molecular weight is 404 g/mol. The second-order valence-electron chi connectivity index (χ2n) is 7.95. The minimum Gasteiger partial charge on any atom is -0.410 e. The zero-order chi connectivity index (χ0) is 22.4. The fraction of sp³-hybridized carbons (Fsp3) is 0.550. The minimum atomic E-state index is -0.664. The predicted octanol–water partition coefficient (Wildman–Crippen LogP) is 1.20. The maximum absolute atomic E-state index is 12.5. The van der Waals surface area contributed by atoms with Crippen LogP contribution in [-0.4, -0.2) is 55.1 Å². The molecule has 0 spiro atoms. The zero-order valence-corrected chi connectivity index (χ0v) is 18.7. The van der Waals surface area contributed by atoms with E-state index in [-0.39, 0.29) is 35.3 Å². The van der Waals surface area contributed by atoms with Crippen LogP contribution in [0.4, 0.5) is 5.69 Å². The molecule has 0 aromatic carbocycles. The first-order valence-electron chi connectivity index (χ1n) is 9.51. The van der Waals surface area contributed by atoms with Gasteiger partial charge in [-0.25, -0.2) is 4.99 Å². The Labute approximate surface area is 173 Å². The second-order valence-corrected chi connectivity index (χ2v) is 7.95. The van der Waals surface area contributed by atoms with Gasteiger partial charge in [0.25, 0.3) is 5.56 Å². The van der Waals surface area contributed by atoms with Crippen molar-refractivity contribution in [2.24, 2.45) is 23.7 Å². The summed E-state index contributed by atoms with van der Waals surface area (Å²) in [5.41, 5.74) is 6.01. The number of carbonyl (C=O) groups is 1. The lowest BCUT2D eigenvalue weighted by Crippen LogP contribution is -2.46. The lowest BCUT2D eigenvalue weighted by Gasteiger charge is -2.32. The average Bonchev–Trinajstić information content (AvgIpc) is 2.62. The first-order valence-corrected chi connectivity index (χ1v) is 9.51. The molecule has 0 unspecified atom stereocenters. The molecule has 0 aliphatic rings. The molecule has 0 atom stereocenters. The number of rotatable bonds is 9. The third kappa shape index (κ3) is 7.18. The van der Waals surface area contributed by atoms with Crippen molar-refractivity contribution in [1.82, 2.24) is 9.47 Å². The van der Waals surface area contributed by atoms with Crippen molar-refractivity contribution >= 4 is 30.0 Å². The van der Waals surface area contributed by atoms with Crippen molar-refractivity contribution in [2.45, 2.75) is 39.7 Å².